The quantitative estimate of drug-likeness (QED) is 0.837. The van der Waals surface area contributed by atoms with Crippen molar-refractivity contribution in [2.45, 2.75) is 44.8 Å². The monoisotopic (exact) mass is 302 g/mol. The molecular weight excluding hydrogens is 276 g/mol. The topological polar surface area (TPSA) is 32.8 Å². The lowest BCUT2D eigenvalue weighted by Gasteiger charge is -2.37. The standard InChI is InChI=1S/C18H26N2O2/c1-2-3-11-20-15-18(22-17(20)21)9-12-19(13-10-18)14-16-7-5-4-6-8-16/h4-8H,2-3,9-15H2,1H3. The van der Waals surface area contributed by atoms with Crippen molar-refractivity contribution in [3.8, 4) is 0 Å². The Balaban J connectivity index is 1.52. The molecule has 1 aromatic rings. The summed E-state index contributed by atoms with van der Waals surface area (Å²) in [6, 6.07) is 10.6. The number of carbonyl (C=O) groups is 1. The predicted octanol–water partition coefficient (Wildman–Crippen LogP) is 3.27. The second-order valence-corrected chi connectivity index (χ2v) is 6.59. The second kappa shape index (κ2) is 6.69. The van der Waals surface area contributed by atoms with Crippen molar-refractivity contribution in [2.75, 3.05) is 26.2 Å². The predicted molar refractivity (Wildman–Crippen MR) is 86.6 cm³/mol. The summed E-state index contributed by atoms with van der Waals surface area (Å²) < 4.78 is 5.76. The number of hydrogen-bond donors (Lipinski definition) is 0. The maximum atomic E-state index is 12.0. The molecule has 0 aromatic heterocycles. The Bertz CT molecular complexity index is 495. The molecule has 0 atom stereocenters. The number of ether oxygens (including phenoxy) is 1. The van der Waals surface area contributed by atoms with Crippen LogP contribution in [0, 0.1) is 0 Å². The smallest absolute Gasteiger partial charge is 0.410 e. The number of unbranched alkanes of at least 4 members (excludes halogenated alkanes) is 1. The van der Waals surface area contributed by atoms with Crippen LogP contribution in [0.3, 0.4) is 0 Å². The molecule has 0 N–H and O–H groups in total. The maximum absolute atomic E-state index is 12.0. The molecule has 2 aliphatic heterocycles. The van der Waals surface area contributed by atoms with E-state index in [4.69, 9.17) is 4.74 Å². The number of benzene rings is 1. The van der Waals surface area contributed by atoms with Crippen LogP contribution in [0.25, 0.3) is 0 Å². The molecule has 1 spiro atoms. The zero-order chi connectivity index (χ0) is 15.4. The van der Waals surface area contributed by atoms with Crippen molar-refractivity contribution >= 4 is 6.09 Å². The molecule has 120 valence electrons. The lowest BCUT2D eigenvalue weighted by atomic mass is 9.91. The van der Waals surface area contributed by atoms with Crippen LogP contribution < -0.4 is 0 Å². The summed E-state index contributed by atoms with van der Waals surface area (Å²) in [5.41, 5.74) is 1.13. The minimum absolute atomic E-state index is 0.107. The Morgan fingerprint density at radius 2 is 1.91 bits per heavy atom. The molecule has 1 aromatic carbocycles. The van der Waals surface area contributed by atoms with E-state index in [-0.39, 0.29) is 11.7 Å². The zero-order valence-electron chi connectivity index (χ0n) is 13.5. The number of likely N-dealkylation sites (tertiary alicyclic amines) is 1. The molecule has 2 saturated heterocycles. The number of rotatable bonds is 5. The second-order valence-electron chi connectivity index (χ2n) is 6.59. The van der Waals surface area contributed by atoms with E-state index in [0.29, 0.717) is 0 Å². The first-order valence-corrected chi connectivity index (χ1v) is 8.45. The molecule has 2 aliphatic rings. The minimum Gasteiger partial charge on any atom is -0.441 e. The van der Waals surface area contributed by atoms with E-state index in [0.717, 1.165) is 58.4 Å². The Morgan fingerprint density at radius 1 is 1.18 bits per heavy atom. The number of hydrogen-bond acceptors (Lipinski definition) is 3. The van der Waals surface area contributed by atoms with Gasteiger partial charge in [-0.15, -0.1) is 0 Å². The van der Waals surface area contributed by atoms with Gasteiger partial charge in [0.25, 0.3) is 0 Å². The Hall–Kier alpha value is -1.55. The van der Waals surface area contributed by atoms with Crippen molar-refractivity contribution < 1.29 is 9.53 Å². The van der Waals surface area contributed by atoms with Crippen molar-refractivity contribution in [1.82, 2.24) is 9.80 Å². The van der Waals surface area contributed by atoms with Gasteiger partial charge in [-0.3, -0.25) is 4.90 Å². The van der Waals surface area contributed by atoms with Crippen LogP contribution in [-0.2, 0) is 11.3 Å². The average Bonchev–Trinajstić information content (AvgIpc) is 2.85. The van der Waals surface area contributed by atoms with Gasteiger partial charge in [-0.25, -0.2) is 4.79 Å². The van der Waals surface area contributed by atoms with Crippen LogP contribution in [-0.4, -0.2) is 47.7 Å². The van der Waals surface area contributed by atoms with Gasteiger partial charge in [-0.1, -0.05) is 43.7 Å². The summed E-state index contributed by atoms with van der Waals surface area (Å²) in [7, 11) is 0. The fourth-order valence-corrected chi connectivity index (χ4v) is 3.43. The minimum atomic E-state index is -0.224. The molecule has 0 unspecified atom stereocenters. The van der Waals surface area contributed by atoms with Gasteiger partial charge in [-0.2, -0.15) is 0 Å². The third kappa shape index (κ3) is 3.43. The van der Waals surface area contributed by atoms with Gasteiger partial charge >= 0.3 is 6.09 Å². The van der Waals surface area contributed by atoms with E-state index < -0.39 is 0 Å². The van der Waals surface area contributed by atoms with E-state index in [1.165, 1.54) is 5.56 Å². The lowest BCUT2D eigenvalue weighted by molar-refractivity contribution is -0.00124. The lowest BCUT2D eigenvalue weighted by Crippen LogP contribution is -2.46. The highest BCUT2D eigenvalue weighted by Crippen LogP contribution is 2.33. The van der Waals surface area contributed by atoms with Gasteiger partial charge in [0.2, 0.25) is 0 Å². The van der Waals surface area contributed by atoms with Crippen molar-refractivity contribution in [2.24, 2.45) is 0 Å². The molecule has 3 rings (SSSR count). The van der Waals surface area contributed by atoms with Gasteiger partial charge in [0, 0.05) is 39.0 Å². The van der Waals surface area contributed by atoms with Crippen LogP contribution in [0.15, 0.2) is 30.3 Å². The van der Waals surface area contributed by atoms with Crippen LogP contribution in [0.2, 0.25) is 0 Å². The third-order valence-corrected chi connectivity index (χ3v) is 4.84. The van der Waals surface area contributed by atoms with Gasteiger partial charge in [0.05, 0.1) is 6.54 Å². The molecule has 2 fully saturated rings. The highest BCUT2D eigenvalue weighted by Gasteiger charge is 2.46. The van der Waals surface area contributed by atoms with Crippen LogP contribution in [0.5, 0.6) is 0 Å². The number of amides is 1. The highest BCUT2D eigenvalue weighted by atomic mass is 16.6. The van der Waals surface area contributed by atoms with Crippen LogP contribution >= 0.6 is 0 Å². The number of nitrogens with zero attached hydrogens (tertiary/aromatic N) is 2. The molecule has 4 nitrogen and oxygen atoms in total. The third-order valence-electron chi connectivity index (χ3n) is 4.84. The molecular formula is C18H26N2O2. The number of carbonyl (C=O) groups excluding carboxylic acids is 1. The number of piperidine rings is 1. The van der Waals surface area contributed by atoms with E-state index in [1.807, 2.05) is 4.90 Å². The molecule has 0 radical (unpaired) electrons. The van der Waals surface area contributed by atoms with Gasteiger partial charge < -0.3 is 9.64 Å². The van der Waals surface area contributed by atoms with Gasteiger partial charge in [0.15, 0.2) is 0 Å². The average molecular weight is 302 g/mol. The zero-order valence-corrected chi connectivity index (χ0v) is 13.5. The molecule has 22 heavy (non-hydrogen) atoms. The maximum Gasteiger partial charge on any atom is 0.410 e. The van der Waals surface area contributed by atoms with E-state index >= 15 is 0 Å². The van der Waals surface area contributed by atoms with Gasteiger partial charge in [0.1, 0.15) is 5.60 Å². The summed E-state index contributed by atoms with van der Waals surface area (Å²) >= 11 is 0. The van der Waals surface area contributed by atoms with Crippen molar-refractivity contribution in [3.05, 3.63) is 35.9 Å². The molecule has 0 bridgehead atoms. The summed E-state index contributed by atoms with van der Waals surface area (Å²) in [5, 5.41) is 0. The fourth-order valence-electron chi connectivity index (χ4n) is 3.43. The van der Waals surface area contributed by atoms with Crippen molar-refractivity contribution in [1.29, 1.82) is 0 Å². The molecule has 0 aliphatic carbocycles. The van der Waals surface area contributed by atoms with Crippen molar-refractivity contribution in [3.63, 3.8) is 0 Å². The Kier molecular flexibility index (Phi) is 4.67. The summed E-state index contributed by atoms with van der Waals surface area (Å²) in [6.07, 6.45) is 3.97. The first kappa shape index (κ1) is 15.3. The first-order valence-electron chi connectivity index (χ1n) is 8.45. The Labute approximate surface area is 133 Å². The van der Waals surface area contributed by atoms with Gasteiger partial charge in [-0.05, 0) is 12.0 Å². The summed E-state index contributed by atoms with van der Waals surface area (Å²) in [5.74, 6) is 0. The SMILES string of the molecule is CCCCN1CC2(CCN(Cc3ccccc3)CC2)OC1=O. The molecule has 2 heterocycles. The molecule has 0 saturated carbocycles. The largest absolute Gasteiger partial charge is 0.441 e. The Morgan fingerprint density at radius 3 is 2.59 bits per heavy atom. The normalized spacial score (nSPS) is 21.3. The summed E-state index contributed by atoms with van der Waals surface area (Å²) in [6.45, 7) is 6.77. The van der Waals surface area contributed by atoms with E-state index in [9.17, 15) is 4.79 Å². The molecule has 4 heteroatoms. The fraction of sp³-hybridized carbons (Fsp3) is 0.611. The summed E-state index contributed by atoms with van der Waals surface area (Å²) in [4.78, 5) is 16.4. The first-order chi connectivity index (χ1) is 10.7. The van der Waals surface area contributed by atoms with Crippen LogP contribution in [0.1, 0.15) is 38.2 Å². The highest BCUT2D eigenvalue weighted by molar-refractivity contribution is 5.70. The molecule has 1 amide bonds. The van der Waals surface area contributed by atoms with E-state index in [2.05, 4.69) is 42.2 Å². The van der Waals surface area contributed by atoms with E-state index in [1.54, 1.807) is 0 Å². The van der Waals surface area contributed by atoms with Crippen LogP contribution in [0.4, 0.5) is 4.79 Å².